The Labute approximate surface area is 116 Å². The number of ether oxygens (including phenoxy) is 2. The third kappa shape index (κ3) is 4.93. The standard InChI is InChI=1S/C12H15NO3S2/c1-3-16-11(14)8-18-12(17)13-9-6-4-5-7-10(9)15-2/h4-7H,3,8H2,1-2H3,(H,13,17). The Hall–Kier alpha value is -1.27. The van der Waals surface area contributed by atoms with E-state index in [2.05, 4.69) is 5.32 Å². The number of thiocarbonyl (C=S) groups is 1. The van der Waals surface area contributed by atoms with Gasteiger partial charge in [-0.3, -0.25) is 4.79 Å². The lowest BCUT2D eigenvalue weighted by molar-refractivity contribution is -0.139. The number of nitrogens with one attached hydrogen (secondary N) is 1. The summed E-state index contributed by atoms with van der Waals surface area (Å²) in [5.41, 5.74) is 0.779. The van der Waals surface area contributed by atoms with Crippen LogP contribution < -0.4 is 10.1 Å². The van der Waals surface area contributed by atoms with Crippen LogP contribution in [0.4, 0.5) is 5.69 Å². The Kier molecular flexibility index (Phi) is 6.53. The number of hydrogen-bond donors (Lipinski definition) is 1. The fourth-order valence-corrected chi connectivity index (χ4v) is 2.02. The SMILES string of the molecule is CCOC(=O)CSC(=S)Nc1ccccc1OC. The first-order valence-corrected chi connectivity index (χ1v) is 6.79. The fraction of sp³-hybridized carbons (Fsp3) is 0.333. The van der Waals surface area contributed by atoms with Crippen molar-refractivity contribution < 1.29 is 14.3 Å². The van der Waals surface area contributed by atoms with Gasteiger partial charge in [0.05, 0.1) is 25.2 Å². The minimum atomic E-state index is -0.272. The molecule has 0 atom stereocenters. The molecule has 0 aliphatic carbocycles. The summed E-state index contributed by atoms with van der Waals surface area (Å²) in [4.78, 5) is 11.2. The lowest BCUT2D eigenvalue weighted by atomic mass is 10.3. The molecule has 0 amide bonds. The maximum atomic E-state index is 11.2. The van der Waals surface area contributed by atoms with Crippen LogP contribution in [0.5, 0.6) is 5.75 Å². The normalized spacial score (nSPS) is 9.67. The molecule has 1 aromatic rings. The molecule has 18 heavy (non-hydrogen) atoms. The van der Waals surface area contributed by atoms with Crippen LogP contribution in [0.3, 0.4) is 0 Å². The second-order valence-electron chi connectivity index (χ2n) is 3.21. The van der Waals surface area contributed by atoms with E-state index in [1.165, 1.54) is 11.8 Å². The first-order chi connectivity index (χ1) is 8.67. The van der Waals surface area contributed by atoms with Gasteiger partial charge in [-0.05, 0) is 19.1 Å². The highest BCUT2D eigenvalue weighted by atomic mass is 32.2. The topological polar surface area (TPSA) is 47.6 Å². The van der Waals surface area contributed by atoms with Crippen LogP contribution in [0.25, 0.3) is 0 Å². The molecular formula is C12H15NO3S2. The number of benzene rings is 1. The second kappa shape index (κ2) is 7.94. The van der Waals surface area contributed by atoms with Crippen molar-refractivity contribution in [1.82, 2.24) is 0 Å². The molecule has 0 fully saturated rings. The zero-order valence-corrected chi connectivity index (χ0v) is 11.9. The minimum absolute atomic E-state index is 0.203. The summed E-state index contributed by atoms with van der Waals surface area (Å²) in [7, 11) is 1.59. The predicted molar refractivity (Wildman–Crippen MR) is 78.3 cm³/mol. The van der Waals surface area contributed by atoms with E-state index in [9.17, 15) is 4.79 Å². The number of hydrogen-bond acceptors (Lipinski definition) is 5. The van der Waals surface area contributed by atoms with Gasteiger partial charge in [0.15, 0.2) is 0 Å². The van der Waals surface area contributed by atoms with E-state index in [0.717, 1.165) is 5.69 Å². The van der Waals surface area contributed by atoms with Crippen LogP contribution in [0.2, 0.25) is 0 Å². The molecule has 0 aromatic heterocycles. The maximum absolute atomic E-state index is 11.2. The second-order valence-corrected chi connectivity index (χ2v) is 4.86. The van der Waals surface area contributed by atoms with Crippen LogP contribution in [0.15, 0.2) is 24.3 Å². The summed E-state index contributed by atoms with van der Waals surface area (Å²) >= 11 is 6.36. The molecule has 0 radical (unpaired) electrons. The van der Waals surface area contributed by atoms with Crippen LogP contribution in [-0.4, -0.2) is 29.8 Å². The highest BCUT2D eigenvalue weighted by Crippen LogP contribution is 2.24. The summed E-state index contributed by atoms with van der Waals surface area (Å²) in [6, 6.07) is 7.44. The third-order valence-electron chi connectivity index (χ3n) is 1.97. The largest absolute Gasteiger partial charge is 0.495 e. The van der Waals surface area contributed by atoms with Gasteiger partial charge in [-0.15, -0.1) is 0 Å². The van der Waals surface area contributed by atoms with Crippen molar-refractivity contribution in [3.05, 3.63) is 24.3 Å². The van der Waals surface area contributed by atoms with Gasteiger partial charge in [-0.25, -0.2) is 0 Å². The quantitative estimate of drug-likeness (QED) is 0.663. The molecule has 1 N–H and O–H groups in total. The summed E-state index contributed by atoms with van der Waals surface area (Å²) in [6.07, 6.45) is 0. The summed E-state index contributed by atoms with van der Waals surface area (Å²) < 4.78 is 10.5. The molecular weight excluding hydrogens is 270 g/mol. The predicted octanol–water partition coefficient (Wildman–Crippen LogP) is 2.69. The molecule has 1 aromatic carbocycles. The van der Waals surface area contributed by atoms with Crippen LogP contribution in [0.1, 0.15) is 6.92 Å². The van der Waals surface area contributed by atoms with Crippen molar-refractivity contribution >= 4 is 40.0 Å². The van der Waals surface area contributed by atoms with Crippen LogP contribution >= 0.6 is 24.0 Å². The van der Waals surface area contributed by atoms with Crippen LogP contribution in [0, 0.1) is 0 Å². The highest BCUT2D eigenvalue weighted by Gasteiger charge is 2.07. The van der Waals surface area contributed by atoms with E-state index < -0.39 is 0 Å². The van der Waals surface area contributed by atoms with Crippen molar-refractivity contribution in [1.29, 1.82) is 0 Å². The Morgan fingerprint density at radius 3 is 2.83 bits per heavy atom. The Morgan fingerprint density at radius 1 is 1.44 bits per heavy atom. The molecule has 4 nitrogen and oxygen atoms in total. The number of thioether (sulfide) groups is 1. The number of carbonyl (C=O) groups excluding carboxylic acids is 1. The number of para-hydroxylation sites is 2. The summed E-state index contributed by atoms with van der Waals surface area (Å²) in [5, 5.41) is 3.02. The fourth-order valence-electron chi connectivity index (χ4n) is 1.22. The van der Waals surface area contributed by atoms with Gasteiger partial charge in [0.25, 0.3) is 0 Å². The number of rotatable bonds is 5. The Balaban J connectivity index is 2.47. The van der Waals surface area contributed by atoms with Crippen molar-refractivity contribution in [2.75, 3.05) is 24.8 Å². The Bertz CT molecular complexity index is 424. The Morgan fingerprint density at radius 2 is 2.17 bits per heavy atom. The lowest BCUT2D eigenvalue weighted by Crippen LogP contribution is -2.12. The summed E-state index contributed by atoms with van der Waals surface area (Å²) in [6.45, 7) is 2.15. The zero-order valence-electron chi connectivity index (χ0n) is 10.3. The van der Waals surface area contributed by atoms with E-state index in [4.69, 9.17) is 21.7 Å². The number of methoxy groups -OCH3 is 1. The van der Waals surface area contributed by atoms with Crippen molar-refractivity contribution in [3.63, 3.8) is 0 Å². The van der Waals surface area contributed by atoms with Crippen molar-refractivity contribution in [3.8, 4) is 5.75 Å². The van der Waals surface area contributed by atoms with E-state index in [1.54, 1.807) is 14.0 Å². The zero-order chi connectivity index (χ0) is 13.4. The van der Waals surface area contributed by atoms with Gasteiger partial charge in [0.2, 0.25) is 0 Å². The molecule has 0 spiro atoms. The molecule has 0 saturated carbocycles. The number of esters is 1. The first kappa shape index (κ1) is 14.8. The molecule has 1 rings (SSSR count). The number of carbonyl (C=O) groups is 1. The van der Waals surface area contributed by atoms with E-state index >= 15 is 0 Å². The molecule has 0 saturated heterocycles. The molecule has 0 unspecified atom stereocenters. The molecule has 0 heterocycles. The molecule has 98 valence electrons. The van der Waals surface area contributed by atoms with Crippen LogP contribution in [-0.2, 0) is 9.53 Å². The van der Waals surface area contributed by atoms with Gasteiger partial charge < -0.3 is 14.8 Å². The van der Waals surface area contributed by atoms with Gasteiger partial charge >= 0.3 is 5.97 Å². The minimum Gasteiger partial charge on any atom is -0.495 e. The smallest absolute Gasteiger partial charge is 0.316 e. The van der Waals surface area contributed by atoms with E-state index in [1.807, 2.05) is 24.3 Å². The number of anilines is 1. The molecule has 0 aliphatic rings. The van der Waals surface area contributed by atoms with Gasteiger partial charge in [-0.1, -0.05) is 36.1 Å². The maximum Gasteiger partial charge on any atom is 0.316 e. The van der Waals surface area contributed by atoms with Gasteiger partial charge in [0.1, 0.15) is 10.1 Å². The van der Waals surface area contributed by atoms with Crippen molar-refractivity contribution in [2.24, 2.45) is 0 Å². The van der Waals surface area contributed by atoms with E-state index in [-0.39, 0.29) is 11.7 Å². The average Bonchev–Trinajstić information content (AvgIpc) is 2.37. The third-order valence-corrected chi connectivity index (χ3v) is 3.17. The van der Waals surface area contributed by atoms with E-state index in [0.29, 0.717) is 16.7 Å². The highest BCUT2D eigenvalue weighted by molar-refractivity contribution is 8.23. The average molecular weight is 285 g/mol. The summed E-state index contributed by atoms with van der Waals surface area (Å²) in [5.74, 6) is 0.637. The molecule has 6 heteroatoms. The lowest BCUT2D eigenvalue weighted by Gasteiger charge is -2.10. The van der Waals surface area contributed by atoms with Gasteiger partial charge in [-0.2, -0.15) is 0 Å². The molecule has 0 aliphatic heterocycles. The first-order valence-electron chi connectivity index (χ1n) is 5.39. The molecule has 0 bridgehead atoms. The van der Waals surface area contributed by atoms with Gasteiger partial charge in [0, 0.05) is 0 Å². The van der Waals surface area contributed by atoms with Crippen molar-refractivity contribution in [2.45, 2.75) is 6.92 Å². The monoisotopic (exact) mass is 285 g/mol.